The molecule has 0 spiro atoms. The molecule has 1 aliphatic rings. The Kier molecular flexibility index (Phi) is 5.59. The molecule has 0 aromatic heterocycles. The van der Waals surface area contributed by atoms with Crippen LogP contribution in [0, 0.1) is 5.82 Å². The van der Waals surface area contributed by atoms with E-state index in [0.29, 0.717) is 23.4 Å². The van der Waals surface area contributed by atoms with E-state index in [0.717, 1.165) is 25.9 Å². The van der Waals surface area contributed by atoms with Gasteiger partial charge in [-0.2, -0.15) is 0 Å². The third-order valence-corrected chi connectivity index (χ3v) is 4.41. The van der Waals surface area contributed by atoms with Crippen molar-refractivity contribution >= 4 is 0 Å². The van der Waals surface area contributed by atoms with Crippen molar-refractivity contribution in [2.45, 2.75) is 51.7 Å². The molecular weight excluding hydrogens is 267 g/mol. The first-order chi connectivity index (χ1) is 10.0. The number of piperidine rings is 1. The normalized spacial score (nSPS) is 19.0. The lowest BCUT2D eigenvalue weighted by atomic mass is 10.00. The van der Waals surface area contributed by atoms with Crippen molar-refractivity contribution in [2.24, 2.45) is 0 Å². The molecule has 1 heterocycles. The third kappa shape index (κ3) is 3.95. The van der Waals surface area contributed by atoms with E-state index in [1.807, 2.05) is 13.0 Å². The van der Waals surface area contributed by atoms with E-state index in [1.165, 1.54) is 6.07 Å². The summed E-state index contributed by atoms with van der Waals surface area (Å²) in [6, 6.07) is 6.01. The highest BCUT2D eigenvalue weighted by Crippen LogP contribution is 2.28. The van der Waals surface area contributed by atoms with E-state index < -0.39 is 0 Å². The van der Waals surface area contributed by atoms with Gasteiger partial charge in [-0.1, -0.05) is 6.07 Å². The number of benzene rings is 1. The Hall–Kier alpha value is -1.13. The average molecular weight is 294 g/mol. The van der Waals surface area contributed by atoms with E-state index in [-0.39, 0.29) is 11.9 Å². The molecule has 3 nitrogen and oxygen atoms in total. The Balaban J connectivity index is 1.98. The number of rotatable bonds is 5. The van der Waals surface area contributed by atoms with Crippen molar-refractivity contribution in [1.82, 2.24) is 10.2 Å². The van der Waals surface area contributed by atoms with Crippen LogP contribution in [-0.4, -0.2) is 37.2 Å². The van der Waals surface area contributed by atoms with Gasteiger partial charge in [0.15, 0.2) is 0 Å². The van der Waals surface area contributed by atoms with Gasteiger partial charge in [0.05, 0.1) is 7.11 Å². The van der Waals surface area contributed by atoms with E-state index in [4.69, 9.17) is 4.74 Å². The molecule has 0 amide bonds. The first-order valence-electron chi connectivity index (χ1n) is 7.85. The summed E-state index contributed by atoms with van der Waals surface area (Å²) >= 11 is 0. The number of hydrogen-bond acceptors (Lipinski definition) is 3. The minimum absolute atomic E-state index is 0.0447. The number of methoxy groups -OCH3 is 1. The third-order valence-electron chi connectivity index (χ3n) is 4.41. The minimum Gasteiger partial charge on any atom is -0.496 e. The van der Waals surface area contributed by atoms with E-state index in [9.17, 15) is 4.39 Å². The Labute approximate surface area is 127 Å². The van der Waals surface area contributed by atoms with Crippen LogP contribution in [0.5, 0.6) is 5.75 Å². The van der Waals surface area contributed by atoms with Crippen LogP contribution in [0.15, 0.2) is 18.2 Å². The monoisotopic (exact) mass is 294 g/mol. The number of likely N-dealkylation sites (tertiary alicyclic amines) is 1. The summed E-state index contributed by atoms with van der Waals surface area (Å²) in [4.78, 5) is 2.49. The van der Waals surface area contributed by atoms with Crippen molar-refractivity contribution in [2.75, 3.05) is 20.2 Å². The highest BCUT2D eigenvalue weighted by atomic mass is 19.1. The first-order valence-corrected chi connectivity index (χ1v) is 7.85. The second kappa shape index (κ2) is 7.23. The minimum atomic E-state index is -0.200. The van der Waals surface area contributed by atoms with Crippen LogP contribution in [0.2, 0.25) is 0 Å². The molecule has 1 atom stereocenters. The zero-order valence-electron chi connectivity index (χ0n) is 13.5. The highest BCUT2D eigenvalue weighted by molar-refractivity contribution is 5.37. The lowest BCUT2D eigenvalue weighted by Crippen LogP contribution is -2.45. The maximum atomic E-state index is 14.1. The Bertz CT molecular complexity index is 456. The van der Waals surface area contributed by atoms with Gasteiger partial charge in [0.25, 0.3) is 0 Å². The van der Waals surface area contributed by atoms with Crippen molar-refractivity contribution in [1.29, 1.82) is 0 Å². The first kappa shape index (κ1) is 16.2. The number of nitrogens with one attached hydrogen (secondary N) is 1. The molecule has 1 N–H and O–H groups in total. The molecule has 21 heavy (non-hydrogen) atoms. The molecule has 1 unspecified atom stereocenters. The second-order valence-electron chi connectivity index (χ2n) is 6.15. The molecule has 1 aromatic carbocycles. The van der Waals surface area contributed by atoms with Crippen LogP contribution >= 0.6 is 0 Å². The summed E-state index contributed by atoms with van der Waals surface area (Å²) in [5.41, 5.74) is 0.631. The quantitative estimate of drug-likeness (QED) is 0.901. The van der Waals surface area contributed by atoms with Gasteiger partial charge in [-0.15, -0.1) is 0 Å². The van der Waals surface area contributed by atoms with Gasteiger partial charge in [0.2, 0.25) is 0 Å². The smallest absolute Gasteiger partial charge is 0.131 e. The molecule has 4 heteroatoms. The van der Waals surface area contributed by atoms with Crippen LogP contribution in [0.4, 0.5) is 4.39 Å². The molecule has 1 fully saturated rings. The van der Waals surface area contributed by atoms with Gasteiger partial charge in [-0.25, -0.2) is 4.39 Å². The SMILES string of the molecule is COc1cccc(F)c1C(C)NC1CCN(C(C)C)CC1. The fraction of sp³-hybridized carbons (Fsp3) is 0.647. The summed E-state index contributed by atoms with van der Waals surface area (Å²) in [5, 5.41) is 3.56. The van der Waals surface area contributed by atoms with Gasteiger partial charge in [0.1, 0.15) is 11.6 Å². The standard InChI is InChI=1S/C17H27FN2O/c1-12(2)20-10-8-14(9-11-20)19-13(3)17-15(18)6-5-7-16(17)21-4/h5-7,12-14,19H,8-11H2,1-4H3. The number of ether oxygens (including phenoxy) is 1. The average Bonchev–Trinajstić information content (AvgIpc) is 2.47. The van der Waals surface area contributed by atoms with E-state index >= 15 is 0 Å². The number of hydrogen-bond donors (Lipinski definition) is 1. The Morgan fingerprint density at radius 3 is 2.48 bits per heavy atom. The van der Waals surface area contributed by atoms with Crippen molar-refractivity contribution in [3.05, 3.63) is 29.6 Å². The zero-order chi connectivity index (χ0) is 15.4. The summed E-state index contributed by atoms with van der Waals surface area (Å²) in [5.74, 6) is 0.420. The predicted octanol–water partition coefficient (Wildman–Crippen LogP) is 3.36. The molecule has 0 saturated carbocycles. The zero-order valence-corrected chi connectivity index (χ0v) is 13.5. The van der Waals surface area contributed by atoms with Gasteiger partial charge in [-0.05, 0) is 58.8 Å². The molecule has 1 aliphatic heterocycles. The maximum Gasteiger partial charge on any atom is 0.131 e. The van der Waals surface area contributed by atoms with Crippen LogP contribution < -0.4 is 10.1 Å². The van der Waals surface area contributed by atoms with E-state index in [2.05, 4.69) is 24.1 Å². The molecule has 1 aromatic rings. The summed E-state index contributed by atoms with van der Waals surface area (Å²) in [6.45, 7) is 8.70. The van der Waals surface area contributed by atoms with Crippen molar-refractivity contribution in [3.8, 4) is 5.75 Å². The van der Waals surface area contributed by atoms with Crippen molar-refractivity contribution in [3.63, 3.8) is 0 Å². The van der Waals surface area contributed by atoms with Gasteiger partial charge >= 0.3 is 0 Å². The summed E-state index contributed by atoms with van der Waals surface area (Å²) in [6.07, 6.45) is 2.22. The molecule has 0 radical (unpaired) electrons. The fourth-order valence-electron chi connectivity index (χ4n) is 3.13. The number of halogens is 1. The maximum absolute atomic E-state index is 14.1. The molecule has 2 rings (SSSR count). The van der Waals surface area contributed by atoms with Gasteiger partial charge in [-0.3, -0.25) is 0 Å². The van der Waals surface area contributed by atoms with E-state index in [1.54, 1.807) is 13.2 Å². The Morgan fingerprint density at radius 1 is 1.24 bits per heavy atom. The van der Waals surface area contributed by atoms with Crippen LogP contribution in [0.1, 0.15) is 45.2 Å². The largest absolute Gasteiger partial charge is 0.496 e. The summed E-state index contributed by atoms with van der Waals surface area (Å²) < 4.78 is 19.4. The van der Waals surface area contributed by atoms with Crippen molar-refractivity contribution < 1.29 is 9.13 Å². The molecule has 1 saturated heterocycles. The lowest BCUT2D eigenvalue weighted by molar-refractivity contribution is 0.157. The van der Waals surface area contributed by atoms with Gasteiger partial charge < -0.3 is 15.0 Å². The second-order valence-corrected chi connectivity index (χ2v) is 6.15. The van der Waals surface area contributed by atoms with Crippen LogP contribution in [0.25, 0.3) is 0 Å². The number of nitrogens with zero attached hydrogens (tertiary/aromatic N) is 1. The topological polar surface area (TPSA) is 24.5 Å². The molecule has 118 valence electrons. The Morgan fingerprint density at radius 2 is 1.90 bits per heavy atom. The molecule has 0 aliphatic carbocycles. The summed E-state index contributed by atoms with van der Waals surface area (Å²) in [7, 11) is 1.59. The predicted molar refractivity (Wildman–Crippen MR) is 84.2 cm³/mol. The molecule has 0 bridgehead atoms. The van der Waals surface area contributed by atoms with Crippen LogP contribution in [0.3, 0.4) is 0 Å². The van der Waals surface area contributed by atoms with Crippen LogP contribution in [-0.2, 0) is 0 Å². The van der Waals surface area contributed by atoms with Gasteiger partial charge in [0, 0.05) is 23.7 Å². The lowest BCUT2D eigenvalue weighted by Gasteiger charge is -2.36. The highest BCUT2D eigenvalue weighted by Gasteiger charge is 2.24. The fourth-order valence-corrected chi connectivity index (χ4v) is 3.13. The molecular formula is C17H27FN2O.